The van der Waals surface area contributed by atoms with E-state index >= 15 is 0 Å². The Hall–Kier alpha value is -3.88. The third-order valence-electron chi connectivity index (χ3n) is 4.15. The first-order valence-corrected chi connectivity index (χ1v) is 8.39. The molecule has 0 fully saturated rings. The second kappa shape index (κ2) is 8.21. The van der Waals surface area contributed by atoms with E-state index in [4.69, 9.17) is 4.74 Å². The molecule has 144 valence electrons. The van der Waals surface area contributed by atoms with Crippen molar-refractivity contribution in [2.75, 3.05) is 6.61 Å². The molecule has 3 N–H and O–H groups in total. The van der Waals surface area contributed by atoms with Gasteiger partial charge in [-0.25, -0.2) is 4.79 Å². The van der Waals surface area contributed by atoms with Gasteiger partial charge in [0.1, 0.15) is 6.04 Å². The molecule has 0 spiro atoms. The van der Waals surface area contributed by atoms with Crippen LogP contribution < -0.4 is 10.1 Å². The quantitative estimate of drug-likeness (QED) is 0.403. The maximum absolute atomic E-state index is 12.1. The van der Waals surface area contributed by atoms with E-state index in [9.17, 15) is 24.8 Å². The van der Waals surface area contributed by atoms with Crippen molar-refractivity contribution in [2.45, 2.75) is 12.5 Å². The minimum atomic E-state index is -1.19. The number of para-hydroxylation sites is 3. The van der Waals surface area contributed by atoms with Gasteiger partial charge in [-0.05, 0) is 17.7 Å². The van der Waals surface area contributed by atoms with Crippen LogP contribution in [0.15, 0.2) is 54.7 Å². The Morgan fingerprint density at radius 2 is 1.89 bits per heavy atom. The molecule has 0 radical (unpaired) electrons. The first-order valence-electron chi connectivity index (χ1n) is 8.39. The predicted octanol–water partition coefficient (Wildman–Crippen LogP) is 2.27. The smallest absolute Gasteiger partial charge is 0.326 e. The van der Waals surface area contributed by atoms with Crippen LogP contribution in [0.3, 0.4) is 0 Å². The van der Waals surface area contributed by atoms with Crippen molar-refractivity contribution in [1.82, 2.24) is 10.3 Å². The van der Waals surface area contributed by atoms with Gasteiger partial charge >= 0.3 is 11.7 Å². The molecule has 3 rings (SSSR count). The Labute approximate surface area is 159 Å². The van der Waals surface area contributed by atoms with E-state index in [1.165, 1.54) is 24.3 Å². The zero-order valence-electron chi connectivity index (χ0n) is 14.6. The average Bonchev–Trinajstić information content (AvgIpc) is 3.09. The molecule has 1 amide bonds. The molecule has 0 saturated carbocycles. The third kappa shape index (κ3) is 4.26. The number of fused-ring (bicyclic) bond motifs is 1. The van der Waals surface area contributed by atoms with E-state index in [1.54, 1.807) is 6.20 Å². The molecule has 0 aliphatic heterocycles. The zero-order valence-corrected chi connectivity index (χ0v) is 14.6. The third-order valence-corrected chi connectivity index (χ3v) is 4.15. The number of carbonyl (C=O) groups is 2. The van der Waals surface area contributed by atoms with Crippen LogP contribution in [0.2, 0.25) is 0 Å². The Kier molecular flexibility index (Phi) is 5.54. The van der Waals surface area contributed by atoms with Gasteiger partial charge in [-0.15, -0.1) is 0 Å². The number of H-pyrrole nitrogens is 1. The molecule has 0 bridgehead atoms. The monoisotopic (exact) mass is 383 g/mol. The topological polar surface area (TPSA) is 135 Å². The maximum atomic E-state index is 12.1. The summed E-state index contributed by atoms with van der Waals surface area (Å²) in [5.41, 5.74) is 1.35. The zero-order chi connectivity index (χ0) is 20.1. The Morgan fingerprint density at radius 3 is 2.64 bits per heavy atom. The number of hydrogen-bond donors (Lipinski definition) is 3. The number of aromatic amines is 1. The first-order chi connectivity index (χ1) is 13.5. The van der Waals surface area contributed by atoms with E-state index in [2.05, 4.69) is 10.3 Å². The van der Waals surface area contributed by atoms with Crippen LogP contribution in [-0.2, 0) is 16.0 Å². The number of rotatable bonds is 8. The number of hydrogen-bond acceptors (Lipinski definition) is 5. The molecule has 1 aromatic heterocycles. The van der Waals surface area contributed by atoms with Gasteiger partial charge in [0, 0.05) is 29.6 Å². The molecular formula is C19H17N3O6. The molecule has 1 heterocycles. The highest BCUT2D eigenvalue weighted by atomic mass is 16.6. The lowest BCUT2D eigenvalue weighted by molar-refractivity contribution is -0.385. The number of nitrogens with one attached hydrogen (secondary N) is 2. The van der Waals surface area contributed by atoms with Crippen LogP contribution in [0.1, 0.15) is 5.56 Å². The van der Waals surface area contributed by atoms with E-state index in [0.717, 1.165) is 16.5 Å². The Bertz CT molecular complexity index is 1030. The first kappa shape index (κ1) is 18.9. The number of nitrogens with zero attached hydrogens (tertiary/aromatic N) is 1. The van der Waals surface area contributed by atoms with Crippen molar-refractivity contribution < 1.29 is 24.4 Å². The highest BCUT2D eigenvalue weighted by Gasteiger charge is 2.23. The SMILES string of the molecule is O=C(COc1ccccc1[N+](=O)[O-])NC(Cc1c[nH]c2ccccc12)C(=O)O. The fraction of sp³-hybridized carbons (Fsp3) is 0.158. The molecule has 1 atom stereocenters. The minimum absolute atomic E-state index is 0.0637. The summed E-state index contributed by atoms with van der Waals surface area (Å²) in [6.07, 6.45) is 1.78. The lowest BCUT2D eigenvalue weighted by Gasteiger charge is -2.14. The van der Waals surface area contributed by atoms with Crippen molar-refractivity contribution in [3.05, 3.63) is 70.4 Å². The van der Waals surface area contributed by atoms with E-state index in [0.29, 0.717) is 0 Å². The van der Waals surface area contributed by atoms with Crippen LogP contribution in [0.25, 0.3) is 10.9 Å². The van der Waals surface area contributed by atoms with Gasteiger partial charge in [-0.1, -0.05) is 30.3 Å². The molecule has 0 saturated heterocycles. The van der Waals surface area contributed by atoms with Gasteiger partial charge in [0.05, 0.1) is 4.92 Å². The molecular weight excluding hydrogens is 366 g/mol. The number of aromatic nitrogens is 1. The number of ether oxygens (including phenoxy) is 1. The summed E-state index contributed by atoms with van der Waals surface area (Å²) in [4.78, 5) is 37.1. The summed E-state index contributed by atoms with van der Waals surface area (Å²) in [6, 6.07) is 11.9. The second-order valence-electron chi connectivity index (χ2n) is 6.04. The number of benzene rings is 2. The summed E-state index contributed by atoms with van der Waals surface area (Å²) in [7, 11) is 0. The fourth-order valence-electron chi connectivity index (χ4n) is 2.83. The van der Waals surface area contributed by atoms with Crippen molar-refractivity contribution in [3.63, 3.8) is 0 Å². The molecule has 0 aliphatic carbocycles. The van der Waals surface area contributed by atoms with Crippen LogP contribution in [0, 0.1) is 10.1 Å². The summed E-state index contributed by atoms with van der Waals surface area (Å²) >= 11 is 0. The number of aliphatic carboxylic acids is 1. The highest BCUT2D eigenvalue weighted by molar-refractivity contribution is 5.87. The minimum Gasteiger partial charge on any atom is -0.480 e. The lowest BCUT2D eigenvalue weighted by Crippen LogP contribution is -2.44. The Balaban J connectivity index is 1.65. The highest BCUT2D eigenvalue weighted by Crippen LogP contribution is 2.25. The number of carboxylic acid groups (broad SMARTS) is 1. The molecule has 2 aromatic carbocycles. The van der Waals surface area contributed by atoms with Crippen molar-refractivity contribution >= 4 is 28.5 Å². The standard InChI is InChI=1S/C19H17N3O6/c23-18(11-28-17-8-4-3-7-16(17)22(26)27)21-15(19(24)25)9-12-10-20-14-6-2-1-5-13(12)14/h1-8,10,15,20H,9,11H2,(H,21,23)(H,24,25). The molecule has 28 heavy (non-hydrogen) atoms. The van der Waals surface area contributed by atoms with E-state index < -0.39 is 29.4 Å². The summed E-state index contributed by atoms with van der Waals surface area (Å²) in [5, 5.41) is 23.7. The summed E-state index contributed by atoms with van der Waals surface area (Å²) in [6.45, 7) is -0.539. The van der Waals surface area contributed by atoms with Crippen molar-refractivity contribution in [1.29, 1.82) is 0 Å². The van der Waals surface area contributed by atoms with Gasteiger partial charge in [-0.2, -0.15) is 0 Å². The maximum Gasteiger partial charge on any atom is 0.326 e. The van der Waals surface area contributed by atoms with Crippen LogP contribution >= 0.6 is 0 Å². The number of amides is 1. The van der Waals surface area contributed by atoms with Gasteiger partial charge in [0.15, 0.2) is 12.4 Å². The molecule has 9 heteroatoms. The van der Waals surface area contributed by atoms with Crippen LogP contribution in [-0.4, -0.2) is 39.5 Å². The molecule has 1 unspecified atom stereocenters. The van der Waals surface area contributed by atoms with Crippen molar-refractivity contribution in [3.8, 4) is 5.75 Å². The number of nitro benzene ring substituents is 1. The number of carboxylic acids is 1. The second-order valence-corrected chi connectivity index (χ2v) is 6.04. The van der Waals surface area contributed by atoms with Crippen LogP contribution in [0.4, 0.5) is 5.69 Å². The summed E-state index contributed by atoms with van der Waals surface area (Å²) < 4.78 is 5.19. The van der Waals surface area contributed by atoms with E-state index in [-0.39, 0.29) is 17.9 Å². The average molecular weight is 383 g/mol. The van der Waals surface area contributed by atoms with Crippen LogP contribution in [0.5, 0.6) is 5.75 Å². The molecule has 3 aromatic rings. The number of nitro groups is 1. The normalized spacial score (nSPS) is 11.7. The summed E-state index contributed by atoms with van der Waals surface area (Å²) in [5.74, 6) is -1.94. The van der Waals surface area contributed by atoms with Gasteiger partial charge in [-0.3, -0.25) is 14.9 Å². The fourth-order valence-corrected chi connectivity index (χ4v) is 2.83. The number of carbonyl (C=O) groups excluding carboxylic acids is 1. The lowest BCUT2D eigenvalue weighted by atomic mass is 10.1. The van der Waals surface area contributed by atoms with Gasteiger partial charge < -0.3 is 20.1 Å². The molecule has 9 nitrogen and oxygen atoms in total. The largest absolute Gasteiger partial charge is 0.480 e. The molecule has 0 aliphatic rings. The van der Waals surface area contributed by atoms with Gasteiger partial charge in [0.2, 0.25) is 0 Å². The van der Waals surface area contributed by atoms with Gasteiger partial charge in [0.25, 0.3) is 5.91 Å². The predicted molar refractivity (Wildman–Crippen MR) is 100 cm³/mol. The van der Waals surface area contributed by atoms with Crippen molar-refractivity contribution in [2.24, 2.45) is 0 Å². The Morgan fingerprint density at radius 1 is 1.18 bits per heavy atom. The van der Waals surface area contributed by atoms with E-state index in [1.807, 2.05) is 24.3 Å².